The highest BCUT2D eigenvalue weighted by atomic mass is 79.9. The molecule has 0 heterocycles. The van der Waals surface area contributed by atoms with Gasteiger partial charge in [-0.3, -0.25) is 4.79 Å². The van der Waals surface area contributed by atoms with Crippen molar-refractivity contribution in [2.75, 3.05) is 11.1 Å². The van der Waals surface area contributed by atoms with Crippen LogP contribution in [0.15, 0.2) is 34.8 Å². The molecule has 0 saturated heterocycles. The lowest BCUT2D eigenvalue weighted by Gasteiger charge is -2.09. The largest absolute Gasteiger partial charge is 0.396 e. The molecular weight excluding hydrogens is 370 g/mol. The molecule has 2 rings (SSSR count). The third kappa shape index (κ3) is 3.23. The Morgan fingerprint density at radius 3 is 2.40 bits per heavy atom. The second-order valence-corrected chi connectivity index (χ2v) is 5.60. The Kier molecular flexibility index (Phi) is 4.52. The van der Waals surface area contributed by atoms with Gasteiger partial charge in [-0.1, -0.05) is 23.2 Å². The summed E-state index contributed by atoms with van der Waals surface area (Å²) in [5.41, 5.74) is 6.33. The second-order valence-electron chi connectivity index (χ2n) is 3.93. The van der Waals surface area contributed by atoms with E-state index in [1.54, 1.807) is 0 Å². The zero-order chi connectivity index (χ0) is 14.9. The Morgan fingerprint density at radius 2 is 1.80 bits per heavy atom. The van der Waals surface area contributed by atoms with E-state index < -0.39 is 11.7 Å². The summed E-state index contributed by atoms with van der Waals surface area (Å²) in [6.07, 6.45) is 0. The maximum Gasteiger partial charge on any atom is 0.255 e. The molecule has 7 heteroatoms. The van der Waals surface area contributed by atoms with Gasteiger partial charge in [0.15, 0.2) is 0 Å². The minimum atomic E-state index is -0.472. The van der Waals surface area contributed by atoms with Gasteiger partial charge >= 0.3 is 0 Å². The van der Waals surface area contributed by atoms with Crippen molar-refractivity contribution < 1.29 is 9.18 Å². The van der Waals surface area contributed by atoms with E-state index in [-0.39, 0.29) is 21.3 Å². The van der Waals surface area contributed by atoms with Crippen LogP contribution in [0.4, 0.5) is 15.8 Å². The van der Waals surface area contributed by atoms with Crippen molar-refractivity contribution in [2.45, 2.75) is 0 Å². The molecule has 0 bridgehead atoms. The first kappa shape index (κ1) is 15.1. The molecule has 0 radical (unpaired) electrons. The van der Waals surface area contributed by atoms with E-state index in [1.807, 2.05) is 0 Å². The van der Waals surface area contributed by atoms with Crippen LogP contribution in [-0.2, 0) is 0 Å². The van der Waals surface area contributed by atoms with E-state index in [2.05, 4.69) is 21.2 Å². The van der Waals surface area contributed by atoms with Gasteiger partial charge in [-0.15, -0.1) is 0 Å². The molecule has 0 fully saturated rings. The van der Waals surface area contributed by atoms with E-state index >= 15 is 0 Å². The molecule has 0 spiro atoms. The molecule has 1 amide bonds. The van der Waals surface area contributed by atoms with Crippen LogP contribution in [0.3, 0.4) is 0 Å². The molecule has 0 aromatic heterocycles. The van der Waals surface area contributed by atoms with Gasteiger partial charge in [-0.05, 0) is 46.3 Å². The fourth-order valence-electron chi connectivity index (χ4n) is 1.50. The fourth-order valence-corrected chi connectivity index (χ4v) is 2.34. The molecular formula is C13H8BrCl2FN2O. The van der Waals surface area contributed by atoms with Crippen molar-refractivity contribution in [3.63, 3.8) is 0 Å². The third-order valence-electron chi connectivity index (χ3n) is 2.52. The average Bonchev–Trinajstić information content (AvgIpc) is 2.39. The lowest BCUT2D eigenvalue weighted by atomic mass is 10.2. The maximum atomic E-state index is 13.2. The molecule has 2 aromatic rings. The molecule has 20 heavy (non-hydrogen) atoms. The van der Waals surface area contributed by atoms with Crippen molar-refractivity contribution in [1.29, 1.82) is 0 Å². The fraction of sp³-hybridized carbons (Fsp3) is 0. The number of nitrogen functional groups attached to an aromatic ring is 1. The zero-order valence-corrected chi connectivity index (χ0v) is 13.0. The van der Waals surface area contributed by atoms with Crippen LogP contribution in [0.2, 0.25) is 10.0 Å². The van der Waals surface area contributed by atoms with E-state index in [0.29, 0.717) is 10.2 Å². The molecule has 0 atom stereocenters. The van der Waals surface area contributed by atoms with E-state index in [9.17, 15) is 9.18 Å². The number of halogens is 4. The number of carbonyl (C=O) groups excluding carboxylic acids is 1. The molecule has 0 unspecified atom stereocenters. The van der Waals surface area contributed by atoms with Gasteiger partial charge in [0.2, 0.25) is 0 Å². The lowest BCUT2D eigenvalue weighted by Crippen LogP contribution is -2.13. The summed E-state index contributed by atoms with van der Waals surface area (Å²) < 4.78 is 13.7. The molecule has 0 saturated carbocycles. The van der Waals surface area contributed by atoms with Crippen molar-refractivity contribution in [3.05, 3.63) is 56.2 Å². The Morgan fingerprint density at radius 1 is 1.20 bits per heavy atom. The highest BCUT2D eigenvalue weighted by molar-refractivity contribution is 9.10. The van der Waals surface area contributed by atoms with Gasteiger partial charge in [-0.2, -0.15) is 0 Å². The van der Waals surface area contributed by atoms with Crippen LogP contribution in [-0.4, -0.2) is 5.91 Å². The Bertz CT molecular complexity index is 671. The summed E-state index contributed by atoms with van der Waals surface area (Å²) in [7, 11) is 0. The van der Waals surface area contributed by atoms with Crippen molar-refractivity contribution in [3.8, 4) is 0 Å². The first-order chi connectivity index (χ1) is 9.38. The number of benzene rings is 2. The average molecular weight is 378 g/mol. The summed E-state index contributed by atoms with van der Waals surface area (Å²) in [4.78, 5) is 12.1. The normalized spacial score (nSPS) is 10.4. The first-order valence-electron chi connectivity index (χ1n) is 5.39. The number of rotatable bonds is 2. The quantitative estimate of drug-likeness (QED) is 0.743. The predicted molar refractivity (Wildman–Crippen MR) is 82.9 cm³/mol. The monoisotopic (exact) mass is 376 g/mol. The third-order valence-corrected chi connectivity index (χ3v) is 3.83. The van der Waals surface area contributed by atoms with Crippen LogP contribution in [0.5, 0.6) is 0 Å². The number of amides is 1. The highest BCUT2D eigenvalue weighted by Crippen LogP contribution is 2.30. The highest BCUT2D eigenvalue weighted by Gasteiger charge is 2.13. The van der Waals surface area contributed by atoms with Crippen LogP contribution < -0.4 is 11.1 Å². The molecule has 3 nitrogen and oxygen atoms in total. The van der Waals surface area contributed by atoms with Crippen LogP contribution in [0.1, 0.15) is 10.4 Å². The molecule has 0 aliphatic heterocycles. The number of nitrogens with one attached hydrogen (secondary N) is 1. The standard InChI is InChI=1S/C13H8BrCl2FN2O/c14-8-2-1-7(17)5-11(8)19-13(20)6-3-9(15)12(18)10(16)4-6/h1-5H,18H2,(H,19,20). The number of hydrogen-bond donors (Lipinski definition) is 2. The van der Waals surface area contributed by atoms with Gasteiger partial charge in [0.25, 0.3) is 5.91 Å². The Balaban J connectivity index is 2.31. The summed E-state index contributed by atoms with van der Waals surface area (Å²) in [6, 6.07) is 6.75. The van der Waals surface area contributed by atoms with Crippen molar-refractivity contribution >= 4 is 56.4 Å². The summed E-state index contributed by atoms with van der Waals surface area (Å²) in [6.45, 7) is 0. The van der Waals surface area contributed by atoms with Gasteiger partial charge in [-0.25, -0.2) is 4.39 Å². The van der Waals surface area contributed by atoms with E-state index in [1.165, 1.54) is 30.3 Å². The van der Waals surface area contributed by atoms with Gasteiger partial charge in [0, 0.05) is 10.0 Å². The smallest absolute Gasteiger partial charge is 0.255 e. The number of hydrogen-bond acceptors (Lipinski definition) is 2. The topological polar surface area (TPSA) is 55.1 Å². The lowest BCUT2D eigenvalue weighted by molar-refractivity contribution is 0.102. The number of nitrogens with two attached hydrogens (primary N) is 1. The number of carbonyl (C=O) groups is 1. The minimum Gasteiger partial charge on any atom is -0.396 e. The molecule has 0 aliphatic carbocycles. The molecule has 0 aliphatic rings. The van der Waals surface area contributed by atoms with Crippen LogP contribution in [0, 0.1) is 5.82 Å². The SMILES string of the molecule is Nc1c(Cl)cc(C(=O)Nc2cc(F)ccc2Br)cc1Cl. The Labute approximate surface area is 133 Å². The van der Waals surface area contributed by atoms with E-state index in [0.717, 1.165) is 0 Å². The number of anilines is 2. The summed E-state index contributed by atoms with van der Waals surface area (Å²) >= 11 is 14.9. The maximum absolute atomic E-state index is 13.2. The summed E-state index contributed by atoms with van der Waals surface area (Å²) in [5.74, 6) is -0.933. The minimum absolute atomic E-state index is 0.181. The van der Waals surface area contributed by atoms with E-state index in [4.69, 9.17) is 28.9 Å². The van der Waals surface area contributed by atoms with Gasteiger partial charge in [0.1, 0.15) is 5.82 Å². The van der Waals surface area contributed by atoms with Crippen LogP contribution >= 0.6 is 39.1 Å². The molecule has 3 N–H and O–H groups in total. The van der Waals surface area contributed by atoms with Crippen molar-refractivity contribution in [2.24, 2.45) is 0 Å². The predicted octanol–water partition coefficient (Wildman–Crippen LogP) is 4.73. The van der Waals surface area contributed by atoms with Crippen molar-refractivity contribution in [1.82, 2.24) is 0 Å². The van der Waals surface area contributed by atoms with Gasteiger partial charge in [0.05, 0.1) is 21.4 Å². The molecule has 2 aromatic carbocycles. The van der Waals surface area contributed by atoms with Gasteiger partial charge < -0.3 is 11.1 Å². The second kappa shape index (κ2) is 5.99. The Hall–Kier alpha value is -1.30. The zero-order valence-electron chi connectivity index (χ0n) is 9.88. The first-order valence-corrected chi connectivity index (χ1v) is 6.94. The van der Waals surface area contributed by atoms with Crippen LogP contribution in [0.25, 0.3) is 0 Å². The summed E-state index contributed by atoms with van der Waals surface area (Å²) in [5, 5.41) is 2.92. The molecule has 104 valence electrons.